The molecule has 0 aliphatic heterocycles. The summed E-state index contributed by atoms with van der Waals surface area (Å²) in [6, 6.07) is 3.96. The first kappa shape index (κ1) is 10.4. The second-order valence-electron chi connectivity index (χ2n) is 4.34. The molecule has 4 nitrogen and oxygen atoms in total. The van der Waals surface area contributed by atoms with Crippen LogP contribution in [0, 0.1) is 0 Å². The first-order chi connectivity index (χ1) is 8.34. The van der Waals surface area contributed by atoms with Crippen LogP contribution < -0.4 is 5.73 Å². The fourth-order valence-electron chi connectivity index (χ4n) is 2.22. The molecule has 3 rings (SSSR count). The Balaban J connectivity index is 2.04. The van der Waals surface area contributed by atoms with Crippen molar-refractivity contribution < 1.29 is 0 Å². The lowest BCUT2D eigenvalue weighted by Crippen LogP contribution is -2.19. The van der Waals surface area contributed by atoms with Gasteiger partial charge in [-0.2, -0.15) is 0 Å². The number of hydrogen-bond donors (Lipinski definition) is 1. The summed E-state index contributed by atoms with van der Waals surface area (Å²) in [5, 5.41) is 0. The third-order valence-electron chi connectivity index (χ3n) is 3.15. The predicted molar refractivity (Wildman–Crippen MR) is 65.1 cm³/mol. The van der Waals surface area contributed by atoms with Crippen LogP contribution in [0.25, 0.3) is 11.4 Å². The number of fused-ring (bicyclic) bond motifs is 1. The molecule has 1 aliphatic rings. The first-order valence-electron chi connectivity index (χ1n) is 5.86. The molecule has 0 amide bonds. The number of hydrogen-bond acceptors (Lipinski definition) is 4. The highest BCUT2D eigenvalue weighted by Crippen LogP contribution is 2.27. The van der Waals surface area contributed by atoms with Crippen molar-refractivity contribution in [3.63, 3.8) is 0 Å². The lowest BCUT2D eigenvalue weighted by Gasteiger charge is -2.20. The van der Waals surface area contributed by atoms with Crippen LogP contribution in [0.2, 0.25) is 0 Å². The van der Waals surface area contributed by atoms with E-state index >= 15 is 0 Å². The number of aryl methyl sites for hydroxylation is 1. The Kier molecular flexibility index (Phi) is 2.57. The van der Waals surface area contributed by atoms with Gasteiger partial charge in [-0.3, -0.25) is 4.98 Å². The molecule has 1 aliphatic carbocycles. The lowest BCUT2D eigenvalue weighted by molar-refractivity contribution is 0.557. The van der Waals surface area contributed by atoms with Gasteiger partial charge in [0, 0.05) is 41.5 Å². The number of nitrogens with zero attached hydrogens (tertiary/aromatic N) is 3. The summed E-state index contributed by atoms with van der Waals surface area (Å²) in [6.07, 6.45) is 8.54. The lowest BCUT2D eigenvalue weighted by atomic mass is 9.93. The molecule has 2 aromatic rings. The van der Waals surface area contributed by atoms with Crippen LogP contribution in [0.3, 0.4) is 0 Å². The van der Waals surface area contributed by atoms with E-state index in [1.54, 1.807) is 12.4 Å². The van der Waals surface area contributed by atoms with Crippen molar-refractivity contribution >= 4 is 0 Å². The third-order valence-corrected chi connectivity index (χ3v) is 3.15. The Hall–Kier alpha value is -1.81. The molecule has 0 aromatic carbocycles. The van der Waals surface area contributed by atoms with Gasteiger partial charge in [0.05, 0.1) is 0 Å². The molecule has 2 N–H and O–H groups in total. The Bertz CT molecular complexity index is 524. The second kappa shape index (κ2) is 4.22. The van der Waals surface area contributed by atoms with Crippen molar-refractivity contribution in [2.75, 3.05) is 0 Å². The summed E-state index contributed by atoms with van der Waals surface area (Å²) in [7, 11) is 0. The van der Waals surface area contributed by atoms with E-state index in [0.717, 1.165) is 41.9 Å². The highest BCUT2D eigenvalue weighted by molar-refractivity contribution is 5.53. The molecule has 0 radical (unpaired) electrons. The molecule has 0 bridgehead atoms. The standard InChI is InChI=1S/C13H14N4/c14-11-4-1-5-12-10(11)8-16-13(17-12)9-3-2-6-15-7-9/h2-3,6-8,11H,1,4-5,14H2/t11-/m1/s1. The largest absolute Gasteiger partial charge is 0.324 e. The second-order valence-corrected chi connectivity index (χ2v) is 4.34. The SMILES string of the molecule is N[C@@H]1CCCc2nc(-c3cccnc3)ncc21. The Morgan fingerprint density at radius 2 is 2.24 bits per heavy atom. The molecule has 1 atom stereocenters. The van der Waals surface area contributed by atoms with Gasteiger partial charge in [0.15, 0.2) is 5.82 Å². The van der Waals surface area contributed by atoms with Gasteiger partial charge in [-0.15, -0.1) is 0 Å². The number of nitrogens with two attached hydrogens (primary N) is 1. The van der Waals surface area contributed by atoms with Gasteiger partial charge in [-0.1, -0.05) is 0 Å². The Morgan fingerprint density at radius 1 is 1.29 bits per heavy atom. The van der Waals surface area contributed by atoms with E-state index in [-0.39, 0.29) is 6.04 Å². The Labute approximate surface area is 99.9 Å². The van der Waals surface area contributed by atoms with Gasteiger partial charge >= 0.3 is 0 Å². The van der Waals surface area contributed by atoms with Crippen molar-refractivity contribution in [2.24, 2.45) is 5.73 Å². The molecular weight excluding hydrogens is 212 g/mol. The minimum absolute atomic E-state index is 0.0988. The minimum atomic E-state index is 0.0988. The summed E-state index contributed by atoms with van der Waals surface area (Å²) in [4.78, 5) is 13.1. The summed E-state index contributed by atoms with van der Waals surface area (Å²) in [5.74, 6) is 0.742. The van der Waals surface area contributed by atoms with E-state index in [9.17, 15) is 0 Å². The fourth-order valence-corrected chi connectivity index (χ4v) is 2.22. The average molecular weight is 226 g/mol. The number of aromatic nitrogens is 3. The molecule has 0 fully saturated rings. The number of rotatable bonds is 1. The molecule has 2 aromatic heterocycles. The Morgan fingerprint density at radius 3 is 3.06 bits per heavy atom. The topological polar surface area (TPSA) is 64.7 Å². The quantitative estimate of drug-likeness (QED) is 0.806. The maximum absolute atomic E-state index is 6.04. The van der Waals surface area contributed by atoms with E-state index in [1.165, 1.54) is 0 Å². The maximum Gasteiger partial charge on any atom is 0.160 e. The minimum Gasteiger partial charge on any atom is -0.324 e. The molecule has 0 saturated heterocycles. The monoisotopic (exact) mass is 226 g/mol. The summed E-state index contributed by atoms with van der Waals surface area (Å²) in [5.41, 5.74) is 9.19. The van der Waals surface area contributed by atoms with Crippen LogP contribution in [0.5, 0.6) is 0 Å². The molecule has 2 heterocycles. The van der Waals surface area contributed by atoms with Crippen LogP contribution in [0.1, 0.15) is 30.1 Å². The summed E-state index contributed by atoms with van der Waals surface area (Å²) in [6.45, 7) is 0. The molecule has 0 unspecified atom stereocenters. The van der Waals surface area contributed by atoms with Crippen molar-refractivity contribution in [3.8, 4) is 11.4 Å². The fraction of sp³-hybridized carbons (Fsp3) is 0.308. The van der Waals surface area contributed by atoms with Gasteiger partial charge in [0.1, 0.15) is 0 Å². The first-order valence-corrected chi connectivity index (χ1v) is 5.86. The van der Waals surface area contributed by atoms with E-state index in [1.807, 2.05) is 18.3 Å². The van der Waals surface area contributed by atoms with Gasteiger partial charge in [-0.25, -0.2) is 9.97 Å². The van der Waals surface area contributed by atoms with Gasteiger partial charge in [0.25, 0.3) is 0 Å². The summed E-state index contributed by atoms with van der Waals surface area (Å²) >= 11 is 0. The van der Waals surface area contributed by atoms with Crippen molar-refractivity contribution in [1.82, 2.24) is 15.0 Å². The van der Waals surface area contributed by atoms with E-state index in [0.29, 0.717) is 0 Å². The van der Waals surface area contributed by atoms with Crippen molar-refractivity contribution in [3.05, 3.63) is 42.0 Å². The molecule has 4 heteroatoms. The highest BCUT2D eigenvalue weighted by Gasteiger charge is 2.19. The molecule has 0 saturated carbocycles. The van der Waals surface area contributed by atoms with Crippen LogP contribution in [0.4, 0.5) is 0 Å². The van der Waals surface area contributed by atoms with Crippen molar-refractivity contribution in [1.29, 1.82) is 0 Å². The summed E-state index contributed by atoms with van der Waals surface area (Å²) < 4.78 is 0. The van der Waals surface area contributed by atoms with E-state index in [2.05, 4.69) is 15.0 Å². The number of pyridine rings is 1. The maximum atomic E-state index is 6.04. The van der Waals surface area contributed by atoms with Gasteiger partial charge < -0.3 is 5.73 Å². The highest BCUT2D eigenvalue weighted by atomic mass is 14.9. The molecule has 17 heavy (non-hydrogen) atoms. The van der Waals surface area contributed by atoms with Crippen LogP contribution in [-0.2, 0) is 6.42 Å². The average Bonchev–Trinajstić information content (AvgIpc) is 2.40. The molecule has 86 valence electrons. The van der Waals surface area contributed by atoms with Crippen molar-refractivity contribution in [2.45, 2.75) is 25.3 Å². The van der Waals surface area contributed by atoms with Crippen LogP contribution in [0.15, 0.2) is 30.7 Å². The third kappa shape index (κ3) is 1.91. The van der Waals surface area contributed by atoms with Crippen LogP contribution in [-0.4, -0.2) is 15.0 Å². The smallest absolute Gasteiger partial charge is 0.160 e. The normalized spacial score (nSPS) is 18.8. The zero-order chi connectivity index (χ0) is 11.7. The zero-order valence-electron chi connectivity index (χ0n) is 9.50. The van der Waals surface area contributed by atoms with Gasteiger partial charge in [-0.05, 0) is 31.4 Å². The predicted octanol–water partition coefficient (Wildman–Crippen LogP) is 1.87. The van der Waals surface area contributed by atoms with Crippen LogP contribution >= 0.6 is 0 Å². The van der Waals surface area contributed by atoms with E-state index < -0.39 is 0 Å². The van der Waals surface area contributed by atoms with Gasteiger partial charge in [0.2, 0.25) is 0 Å². The zero-order valence-corrected chi connectivity index (χ0v) is 9.50. The molecular formula is C13H14N4. The molecule has 0 spiro atoms. The van der Waals surface area contributed by atoms with E-state index in [4.69, 9.17) is 5.73 Å².